The van der Waals surface area contributed by atoms with Gasteiger partial charge < -0.3 is 6.42 Å². The van der Waals surface area contributed by atoms with E-state index >= 15 is 0 Å². The first kappa shape index (κ1) is 19.4. The van der Waals surface area contributed by atoms with E-state index in [0.29, 0.717) is 0 Å². The molecule has 1 heteroatoms. The summed E-state index contributed by atoms with van der Waals surface area (Å²) in [6.45, 7) is 2.45. The molecular formula is C21H37Y-. The zero-order valence-corrected chi connectivity index (χ0v) is 17.8. The quantitative estimate of drug-likeness (QED) is 0.472. The molecule has 1 radical (unpaired) electrons. The zero-order valence-electron chi connectivity index (χ0n) is 14.9. The second kappa shape index (κ2) is 10.2. The van der Waals surface area contributed by atoms with Crippen molar-refractivity contribution in [1.29, 1.82) is 0 Å². The van der Waals surface area contributed by atoms with Gasteiger partial charge in [0, 0.05) is 32.7 Å². The van der Waals surface area contributed by atoms with Crippen molar-refractivity contribution >= 4 is 0 Å². The third-order valence-corrected chi connectivity index (χ3v) is 6.99. The van der Waals surface area contributed by atoms with Crippen LogP contribution in [-0.2, 0) is 32.7 Å². The van der Waals surface area contributed by atoms with Gasteiger partial charge in [-0.1, -0.05) is 71.1 Å². The third-order valence-electron chi connectivity index (χ3n) is 6.99. The smallest absolute Gasteiger partial charge is 0 e. The van der Waals surface area contributed by atoms with Gasteiger partial charge in [0.1, 0.15) is 0 Å². The van der Waals surface area contributed by atoms with Crippen molar-refractivity contribution in [2.75, 3.05) is 0 Å². The molecule has 0 amide bonds. The van der Waals surface area contributed by atoms with Gasteiger partial charge >= 0.3 is 0 Å². The van der Waals surface area contributed by atoms with Crippen LogP contribution in [0.1, 0.15) is 96.8 Å². The van der Waals surface area contributed by atoms with E-state index in [1.54, 1.807) is 51.4 Å². The van der Waals surface area contributed by atoms with Gasteiger partial charge in [-0.2, -0.15) is 12.8 Å². The van der Waals surface area contributed by atoms with Gasteiger partial charge in [0.2, 0.25) is 0 Å². The average molecular weight is 378 g/mol. The minimum atomic E-state index is 0. The van der Waals surface area contributed by atoms with Gasteiger partial charge in [-0.25, -0.2) is 0 Å². The van der Waals surface area contributed by atoms with Crippen molar-refractivity contribution < 1.29 is 32.7 Å². The molecule has 0 bridgehead atoms. The molecule has 3 saturated carbocycles. The van der Waals surface area contributed by atoms with Crippen LogP contribution in [0.4, 0.5) is 0 Å². The molecule has 22 heavy (non-hydrogen) atoms. The molecule has 0 atom stereocenters. The van der Waals surface area contributed by atoms with Crippen molar-refractivity contribution in [2.24, 2.45) is 29.6 Å². The molecule has 0 saturated heterocycles. The summed E-state index contributed by atoms with van der Waals surface area (Å²) in [5, 5.41) is 0. The minimum absolute atomic E-state index is 0. The van der Waals surface area contributed by atoms with Crippen molar-refractivity contribution in [3.05, 3.63) is 6.42 Å². The summed E-state index contributed by atoms with van der Waals surface area (Å²) >= 11 is 0. The van der Waals surface area contributed by atoms with Gasteiger partial charge in [0.15, 0.2) is 0 Å². The predicted octanol–water partition coefficient (Wildman–Crippen LogP) is 6.79. The van der Waals surface area contributed by atoms with Crippen LogP contribution in [0.25, 0.3) is 0 Å². The molecule has 0 aromatic heterocycles. The average Bonchev–Trinajstić information content (AvgIpc) is 2.53. The van der Waals surface area contributed by atoms with Crippen LogP contribution < -0.4 is 0 Å². The Morgan fingerprint density at radius 1 is 0.591 bits per heavy atom. The van der Waals surface area contributed by atoms with Crippen LogP contribution in [0.15, 0.2) is 0 Å². The predicted molar refractivity (Wildman–Crippen MR) is 92.1 cm³/mol. The maximum Gasteiger partial charge on any atom is 0 e. The molecule has 3 fully saturated rings. The summed E-state index contributed by atoms with van der Waals surface area (Å²) in [6.07, 6.45) is 23.8. The molecule has 0 nitrogen and oxygen atoms in total. The van der Waals surface area contributed by atoms with Crippen LogP contribution in [0.2, 0.25) is 0 Å². The molecule has 0 unspecified atom stereocenters. The van der Waals surface area contributed by atoms with Crippen molar-refractivity contribution in [3.8, 4) is 0 Å². The Labute approximate surface area is 164 Å². The Morgan fingerprint density at radius 3 is 1.41 bits per heavy atom. The Balaban J connectivity index is 0.00000176. The Bertz CT molecular complexity index is 278. The molecule has 0 aromatic rings. The van der Waals surface area contributed by atoms with Crippen LogP contribution >= 0.6 is 0 Å². The SMILES string of the molecule is CC1CCC(CC2CCC(CC3CC[CH-]CC3)CC2)CC1.[Y]. The molecule has 3 rings (SSSR count). The third kappa shape index (κ3) is 6.20. The molecule has 125 valence electrons. The fourth-order valence-electron chi connectivity index (χ4n) is 5.44. The Hall–Kier alpha value is 1.10. The molecule has 0 aromatic carbocycles. The number of hydrogen-bond acceptors (Lipinski definition) is 0. The van der Waals surface area contributed by atoms with Crippen LogP contribution in [0.3, 0.4) is 0 Å². The van der Waals surface area contributed by atoms with Crippen molar-refractivity contribution in [1.82, 2.24) is 0 Å². The summed E-state index contributed by atoms with van der Waals surface area (Å²) in [7, 11) is 0. The van der Waals surface area contributed by atoms with Gasteiger partial charge in [-0.15, -0.1) is 0 Å². The fraction of sp³-hybridized carbons (Fsp3) is 0.952. The van der Waals surface area contributed by atoms with E-state index in [2.05, 4.69) is 13.3 Å². The Morgan fingerprint density at radius 2 is 0.955 bits per heavy atom. The van der Waals surface area contributed by atoms with Gasteiger partial charge in [-0.3, -0.25) is 0 Å². The molecule has 0 aliphatic heterocycles. The molecule has 0 spiro atoms. The van der Waals surface area contributed by atoms with Crippen molar-refractivity contribution in [2.45, 2.75) is 96.8 Å². The van der Waals surface area contributed by atoms with E-state index in [-0.39, 0.29) is 32.7 Å². The maximum absolute atomic E-state index is 2.51. The summed E-state index contributed by atoms with van der Waals surface area (Å²) in [6, 6.07) is 0. The normalized spacial score (nSPS) is 37.5. The van der Waals surface area contributed by atoms with Crippen molar-refractivity contribution in [3.63, 3.8) is 0 Å². The van der Waals surface area contributed by atoms with Gasteiger partial charge in [0.05, 0.1) is 0 Å². The minimum Gasteiger partial charge on any atom is -0.328 e. The fourth-order valence-corrected chi connectivity index (χ4v) is 5.44. The Kier molecular flexibility index (Phi) is 8.99. The molecule has 3 aliphatic rings. The standard InChI is InChI=1S/C21H37.Y/c1-17-7-9-19(10-8-17)16-21-13-11-20(12-14-21)15-18-5-3-2-4-6-18;/h2,17-21H,3-16H2,1H3;/q-1;. The van der Waals surface area contributed by atoms with E-state index in [4.69, 9.17) is 0 Å². The van der Waals surface area contributed by atoms with Gasteiger partial charge in [-0.05, 0) is 42.4 Å². The molecule has 3 aliphatic carbocycles. The summed E-state index contributed by atoms with van der Waals surface area (Å²) in [5.41, 5.74) is 0. The summed E-state index contributed by atoms with van der Waals surface area (Å²) < 4.78 is 0. The summed E-state index contributed by atoms with van der Waals surface area (Å²) in [4.78, 5) is 0. The zero-order chi connectivity index (χ0) is 14.5. The molecule has 0 N–H and O–H groups in total. The van der Waals surface area contributed by atoms with Gasteiger partial charge in [0.25, 0.3) is 0 Å². The monoisotopic (exact) mass is 378 g/mol. The summed E-state index contributed by atoms with van der Waals surface area (Å²) in [5.74, 6) is 5.38. The first-order chi connectivity index (χ1) is 10.3. The number of hydrogen-bond donors (Lipinski definition) is 0. The second-order valence-electron chi connectivity index (χ2n) is 8.79. The van der Waals surface area contributed by atoms with Crippen LogP contribution in [-0.4, -0.2) is 0 Å². The van der Waals surface area contributed by atoms with E-state index in [1.807, 2.05) is 0 Å². The largest absolute Gasteiger partial charge is 0.328 e. The second-order valence-corrected chi connectivity index (χ2v) is 8.79. The molecular weight excluding hydrogens is 341 g/mol. The van der Waals surface area contributed by atoms with Crippen LogP contribution in [0, 0.1) is 36.0 Å². The topological polar surface area (TPSA) is 0 Å². The van der Waals surface area contributed by atoms with Crippen LogP contribution in [0.5, 0.6) is 0 Å². The maximum atomic E-state index is 2.51. The molecule has 0 heterocycles. The number of rotatable bonds is 4. The van der Waals surface area contributed by atoms with E-state index in [9.17, 15) is 0 Å². The first-order valence-electron chi connectivity index (χ1n) is 10.1. The van der Waals surface area contributed by atoms with E-state index in [0.717, 1.165) is 29.6 Å². The van der Waals surface area contributed by atoms with E-state index < -0.39 is 0 Å². The van der Waals surface area contributed by atoms with E-state index in [1.165, 1.54) is 38.5 Å². The first-order valence-corrected chi connectivity index (χ1v) is 10.1.